The minimum absolute atomic E-state index is 0.0633. The van der Waals surface area contributed by atoms with E-state index in [9.17, 15) is 16.8 Å². The molecule has 2 heterocycles. The summed E-state index contributed by atoms with van der Waals surface area (Å²) < 4.78 is 87.6. The molecule has 3 aliphatic rings. The van der Waals surface area contributed by atoms with E-state index in [1.165, 1.54) is 31.4 Å². The average Bonchev–Trinajstić information content (AvgIpc) is 3.41. The first kappa shape index (κ1) is 28.6. The molecule has 2 saturated heterocycles. The molecule has 0 bridgehead atoms. The van der Waals surface area contributed by atoms with Crippen LogP contribution in [0.5, 0.6) is 0 Å². The monoisotopic (exact) mass is 582 g/mol. The van der Waals surface area contributed by atoms with Gasteiger partial charge in [0, 0.05) is 20.0 Å². The van der Waals surface area contributed by atoms with Crippen molar-refractivity contribution < 1.29 is 44.1 Å². The molecule has 1 saturated carbocycles. The summed E-state index contributed by atoms with van der Waals surface area (Å²) in [6.45, 7) is 3.02. The van der Waals surface area contributed by atoms with Crippen molar-refractivity contribution in [1.82, 2.24) is 0 Å². The Kier molecular flexibility index (Phi) is 8.20. The topological polar surface area (TPSA) is 124 Å². The van der Waals surface area contributed by atoms with Crippen LogP contribution >= 0.6 is 0 Å². The molecular weight excluding hydrogens is 548 g/mol. The summed E-state index contributed by atoms with van der Waals surface area (Å²) in [5.74, 6) is -0.759. The van der Waals surface area contributed by atoms with Gasteiger partial charge in [0.2, 0.25) is 0 Å². The molecule has 0 aromatic heterocycles. The Bertz CT molecular complexity index is 1350. The molecule has 5 atom stereocenters. The van der Waals surface area contributed by atoms with Crippen molar-refractivity contribution in [3.05, 3.63) is 59.7 Å². The highest BCUT2D eigenvalue weighted by atomic mass is 32.2. The normalized spacial score (nSPS) is 27.5. The lowest BCUT2D eigenvalue weighted by atomic mass is 9.94. The van der Waals surface area contributed by atoms with Crippen molar-refractivity contribution in [3.8, 4) is 0 Å². The Morgan fingerprint density at radius 1 is 0.846 bits per heavy atom. The van der Waals surface area contributed by atoms with Crippen LogP contribution in [0.3, 0.4) is 0 Å². The number of ether oxygens (including phenoxy) is 4. The van der Waals surface area contributed by atoms with Crippen LogP contribution in [0.1, 0.15) is 43.2 Å². The van der Waals surface area contributed by atoms with Gasteiger partial charge in [0.15, 0.2) is 12.1 Å². The second-order valence-corrected chi connectivity index (χ2v) is 13.5. The molecule has 2 aromatic carbocycles. The van der Waals surface area contributed by atoms with Crippen molar-refractivity contribution in [3.63, 3.8) is 0 Å². The number of methoxy groups -OCH3 is 1. The molecule has 12 heteroatoms. The lowest BCUT2D eigenvalue weighted by molar-refractivity contribution is -0.254. The summed E-state index contributed by atoms with van der Waals surface area (Å²) in [4.78, 5) is -0.146. The van der Waals surface area contributed by atoms with Gasteiger partial charge in [-0.1, -0.05) is 41.8 Å². The van der Waals surface area contributed by atoms with Crippen LogP contribution in [0.4, 0.5) is 0 Å². The Balaban J connectivity index is 1.40. The molecule has 10 nitrogen and oxygen atoms in total. The number of fused-ring (bicyclic) bond motifs is 1. The molecule has 5 unspecified atom stereocenters. The van der Waals surface area contributed by atoms with E-state index in [-0.39, 0.29) is 9.79 Å². The molecule has 214 valence electrons. The highest BCUT2D eigenvalue weighted by Crippen LogP contribution is 2.46. The number of hydrogen-bond acceptors (Lipinski definition) is 10. The van der Waals surface area contributed by atoms with Crippen LogP contribution in [0.15, 0.2) is 58.3 Å². The van der Waals surface area contributed by atoms with Crippen LogP contribution in [-0.2, 0) is 47.5 Å². The van der Waals surface area contributed by atoms with E-state index in [4.69, 9.17) is 27.3 Å². The zero-order chi connectivity index (χ0) is 27.8. The second kappa shape index (κ2) is 11.2. The predicted octanol–water partition coefficient (Wildman–Crippen LogP) is 3.60. The highest BCUT2D eigenvalue weighted by Gasteiger charge is 2.60. The van der Waals surface area contributed by atoms with Gasteiger partial charge in [0.25, 0.3) is 20.2 Å². The number of benzene rings is 2. The second-order valence-electron chi connectivity index (χ2n) is 10.3. The fraction of sp³-hybridized carbons (Fsp3) is 0.556. The van der Waals surface area contributed by atoms with Gasteiger partial charge in [-0.15, -0.1) is 0 Å². The molecule has 2 aromatic rings. The summed E-state index contributed by atoms with van der Waals surface area (Å²) in [5, 5.41) is 0. The van der Waals surface area contributed by atoms with Crippen molar-refractivity contribution in [2.75, 3.05) is 13.7 Å². The van der Waals surface area contributed by atoms with Crippen molar-refractivity contribution in [1.29, 1.82) is 0 Å². The van der Waals surface area contributed by atoms with E-state index in [1.807, 2.05) is 13.8 Å². The van der Waals surface area contributed by atoms with Crippen LogP contribution in [0.2, 0.25) is 0 Å². The lowest BCUT2D eigenvalue weighted by Crippen LogP contribution is -2.47. The zero-order valence-electron chi connectivity index (χ0n) is 22.1. The first-order valence-electron chi connectivity index (χ1n) is 13.0. The molecule has 2 aliphatic heterocycles. The Morgan fingerprint density at radius 2 is 1.41 bits per heavy atom. The maximum Gasteiger partial charge on any atom is 0.297 e. The quantitative estimate of drug-likeness (QED) is 0.405. The largest absolute Gasteiger partial charge is 0.376 e. The van der Waals surface area contributed by atoms with Gasteiger partial charge >= 0.3 is 0 Å². The van der Waals surface area contributed by atoms with E-state index in [2.05, 4.69) is 0 Å². The minimum atomic E-state index is -4.33. The van der Waals surface area contributed by atoms with Gasteiger partial charge in [-0.2, -0.15) is 16.8 Å². The van der Waals surface area contributed by atoms with Gasteiger partial charge in [0.1, 0.15) is 24.4 Å². The van der Waals surface area contributed by atoms with Crippen molar-refractivity contribution in [2.45, 2.75) is 92.2 Å². The standard InChI is InChI=1S/C27H34O10S2/c1-18-7-11-20(12-8-18)38(28,29)33-17-22(37-39(30,31)21-13-9-19(2)10-14-21)23-24(32-3)25-26(34-23)36-27(35-25)15-5-4-6-16-27/h7-14,22-26H,4-6,15-17H2,1-3H3. The first-order chi connectivity index (χ1) is 18.5. The number of aryl methyl sites for hydroxylation is 2. The summed E-state index contributed by atoms with van der Waals surface area (Å²) in [7, 11) is -7.10. The van der Waals surface area contributed by atoms with E-state index >= 15 is 0 Å². The van der Waals surface area contributed by atoms with Gasteiger partial charge < -0.3 is 18.9 Å². The summed E-state index contributed by atoms with van der Waals surface area (Å²) in [6, 6.07) is 12.2. The number of hydrogen-bond donors (Lipinski definition) is 0. The molecule has 5 rings (SSSR count). The molecule has 3 fully saturated rings. The third-order valence-corrected chi connectivity index (χ3v) is 10.0. The SMILES string of the molecule is COC1C(C(COS(=O)(=O)c2ccc(C)cc2)OS(=O)(=O)c2ccc(C)cc2)OC2OC3(CCCCC3)OC21. The van der Waals surface area contributed by atoms with E-state index in [0.717, 1.165) is 43.2 Å². The molecule has 39 heavy (non-hydrogen) atoms. The van der Waals surface area contributed by atoms with Crippen LogP contribution in [-0.4, -0.2) is 67.0 Å². The maximum absolute atomic E-state index is 13.2. The Hall–Kier alpha value is -1.90. The molecule has 1 aliphatic carbocycles. The number of rotatable bonds is 9. The highest BCUT2D eigenvalue weighted by molar-refractivity contribution is 7.87. The first-order valence-corrected chi connectivity index (χ1v) is 15.8. The fourth-order valence-electron chi connectivity index (χ4n) is 5.28. The van der Waals surface area contributed by atoms with Crippen LogP contribution in [0.25, 0.3) is 0 Å². The molecule has 0 N–H and O–H groups in total. The van der Waals surface area contributed by atoms with E-state index < -0.39 is 63.3 Å². The van der Waals surface area contributed by atoms with Crippen molar-refractivity contribution >= 4 is 20.2 Å². The van der Waals surface area contributed by atoms with Crippen LogP contribution in [0, 0.1) is 13.8 Å². The fourth-order valence-corrected chi connectivity index (χ4v) is 7.27. The third-order valence-electron chi connectivity index (χ3n) is 7.40. The predicted molar refractivity (Wildman–Crippen MR) is 139 cm³/mol. The van der Waals surface area contributed by atoms with Crippen molar-refractivity contribution in [2.24, 2.45) is 0 Å². The lowest BCUT2D eigenvalue weighted by Gasteiger charge is -2.35. The van der Waals surface area contributed by atoms with Gasteiger partial charge in [-0.3, -0.25) is 8.37 Å². The zero-order valence-corrected chi connectivity index (χ0v) is 23.8. The van der Waals surface area contributed by atoms with Gasteiger partial charge in [0.05, 0.1) is 16.4 Å². The Labute approximate surface area is 229 Å². The summed E-state index contributed by atoms with van der Waals surface area (Å²) in [6.07, 6.45) is -0.215. The average molecular weight is 583 g/mol. The van der Waals surface area contributed by atoms with Crippen LogP contribution < -0.4 is 0 Å². The van der Waals surface area contributed by atoms with E-state index in [0.29, 0.717) is 0 Å². The molecule has 0 radical (unpaired) electrons. The van der Waals surface area contributed by atoms with E-state index in [1.54, 1.807) is 24.3 Å². The minimum Gasteiger partial charge on any atom is -0.376 e. The summed E-state index contributed by atoms with van der Waals surface area (Å²) in [5.41, 5.74) is 1.75. The van der Waals surface area contributed by atoms with Gasteiger partial charge in [-0.05, 0) is 51.0 Å². The maximum atomic E-state index is 13.2. The molecular formula is C27H34O10S2. The third kappa shape index (κ3) is 6.08. The molecule has 1 spiro atoms. The van der Waals surface area contributed by atoms with Gasteiger partial charge in [-0.25, -0.2) is 0 Å². The smallest absolute Gasteiger partial charge is 0.297 e. The summed E-state index contributed by atoms with van der Waals surface area (Å²) >= 11 is 0. The molecule has 0 amide bonds. The Morgan fingerprint density at radius 3 is 1.97 bits per heavy atom.